The molecule has 0 amide bonds. The summed E-state index contributed by atoms with van der Waals surface area (Å²) in [4.78, 5) is 3.70. The Kier molecular flexibility index (Phi) is 5.45. The van der Waals surface area contributed by atoms with Crippen molar-refractivity contribution in [2.45, 2.75) is 44.6 Å². The molecule has 0 fully saturated rings. The smallest absolute Gasteiger partial charge is 0.243 e. The van der Waals surface area contributed by atoms with Crippen LogP contribution in [0.15, 0.2) is 23.2 Å². The second-order valence-corrected chi connectivity index (χ2v) is 6.64. The Labute approximate surface area is 114 Å². The average Bonchev–Trinajstić information content (AvgIpc) is 2.35. The summed E-state index contributed by atoms with van der Waals surface area (Å²) in [7, 11) is -3.69. The Morgan fingerprint density at radius 2 is 2.05 bits per heavy atom. The van der Waals surface area contributed by atoms with Gasteiger partial charge < -0.3 is 0 Å². The van der Waals surface area contributed by atoms with Crippen LogP contribution in [-0.4, -0.2) is 19.4 Å². The summed E-state index contributed by atoms with van der Waals surface area (Å²) >= 11 is 0. The second-order valence-electron chi connectivity index (χ2n) is 4.96. The topological polar surface area (TPSA) is 82.8 Å². The third-order valence-electron chi connectivity index (χ3n) is 2.70. The van der Waals surface area contributed by atoms with Crippen molar-refractivity contribution in [3.8, 4) is 6.07 Å². The summed E-state index contributed by atoms with van der Waals surface area (Å²) in [5, 5.41) is 8.89. The van der Waals surface area contributed by atoms with Gasteiger partial charge in [0.2, 0.25) is 10.0 Å². The molecule has 1 aromatic rings. The highest BCUT2D eigenvalue weighted by Gasteiger charge is 2.21. The number of hydrogen-bond acceptors (Lipinski definition) is 4. The predicted molar refractivity (Wildman–Crippen MR) is 72.8 cm³/mol. The average molecular weight is 281 g/mol. The van der Waals surface area contributed by atoms with Gasteiger partial charge in [-0.3, -0.25) is 0 Å². The first-order chi connectivity index (χ1) is 8.86. The molecule has 0 aliphatic carbocycles. The molecule has 1 heterocycles. The van der Waals surface area contributed by atoms with E-state index in [1.54, 1.807) is 6.07 Å². The van der Waals surface area contributed by atoms with Gasteiger partial charge in [0.25, 0.3) is 0 Å². The maximum Gasteiger partial charge on any atom is 0.243 e. The van der Waals surface area contributed by atoms with Gasteiger partial charge in [-0.2, -0.15) is 5.26 Å². The molecule has 5 nitrogen and oxygen atoms in total. The summed E-state index contributed by atoms with van der Waals surface area (Å²) in [6.07, 6.45) is 3.11. The van der Waals surface area contributed by atoms with Crippen LogP contribution in [0.25, 0.3) is 0 Å². The summed E-state index contributed by atoms with van der Waals surface area (Å²) in [6, 6.07) is 4.53. The first-order valence-electron chi connectivity index (χ1n) is 6.24. The lowest BCUT2D eigenvalue weighted by Crippen LogP contribution is -2.33. The SMILES string of the molecule is CC(C)CCC(C)NS(=O)(=O)c1cccnc1C#N. The van der Waals surface area contributed by atoms with Gasteiger partial charge >= 0.3 is 0 Å². The van der Waals surface area contributed by atoms with Crippen molar-refractivity contribution in [3.63, 3.8) is 0 Å². The van der Waals surface area contributed by atoms with E-state index < -0.39 is 10.0 Å². The van der Waals surface area contributed by atoms with E-state index in [-0.39, 0.29) is 16.6 Å². The fourth-order valence-electron chi connectivity index (χ4n) is 1.66. The summed E-state index contributed by atoms with van der Waals surface area (Å²) < 4.78 is 26.9. The van der Waals surface area contributed by atoms with E-state index in [4.69, 9.17) is 5.26 Å². The van der Waals surface area contributed by atoms with Crippen LogP contribution in [0.2, 0.25) is 0 Å². The molecule has 0 saturated heterocycles. The van der Waals surface area contributed by atoms with E-state index in [1.165, 1.54) is 18.3 Å². The molecule has 0 radical (unpaired) electrons. The molecule has 1 N–H and O–H groups in total. The fraction of sp³-hybridized carbons (Fsp3) is 0.538. The fourth-order valence-corrected chi connectivity index (χ4v) is 3.05. The van der Waals surface area contributed by atoms with Gasteiger partial charge in [0.05, 0.1) is 0 Å². The van der Waals surface area contributed by atoms with Crippen LogP contribution in [0.3, 0.4) is 0 Å². The predicted octanol–water partition coefficient (Wildman–Crippen LogP) is 2.06. The third kappa shape index (κ3) is 4.62. The molecular weight excluding hydrogens is 262 g/mol. The molecule has 0 aliphatic heterocycles. The van der Waals surface area contributed by atoms with Crippen molar-refractivity contribution in [2.24, 2.45) is 5.92 Å². The summed E-state index contributed by atoms with van der Waals surface area (Å²) in [5.41, 5.74) is -0.0777. The lowest BCUT2D eigenvalue weighted by molar-refractivity contribution is 0.485. The second kappa shape index (κ2) is 6.64. The van der Waals surface area contributed by atoms with Crippen molar-refractivity contribution in [1.82, 2.24) is 9.71 Å². The molecule has 0 aliphatic rings. The van der Waals surface area contributed by atoms with Crippen LogP contribution >= 0.6 is 0 Å². The van der Waals surface area contributed by atoms with Crippen LogP contribution in [0.4, 0.5) is 0 Å². The number of sulfonamides is 1. The maximum atomic E-state index is 12.2. The number of nitrogens with zero attached hydrogens (tertiary/aromatic N) is 2. The lowest BCUT2D eigenvalue weighted by atomic mass is 10.1. The molecule has 1 aromatic heterocycles. The normalized spacial score (nSPS) is 13.2. The Hall–Kier alpha value is -1.45. The van der Waals surface area contributed by atoms with Crippen molar-refractivity contribution in [3.05, 3.63) is 24.0 Å². The number of nitrogens with one attached hydrogen (secondary N) is 1. The van der Waals surface area contributed by atoms with Crippen LogP contribution in [0.1, 0.15) is 39.3 Å². The number of hydrogen-bond donors (Lipinski definition) is 1. The third-order valence-corrected chi connectivity index (χ3v) is 4.32. The van der Waals surface area contributed by atoms with E-state index in [2.05, 4.69) is 23.6 Å². The highest BCUT2D eigenvalue weighted by atomic mass is 32.2. The Balaban J connectivity index is 2.84. The highest BCUT2D eigenvalue weighted by Crippen LogP contribution is 2.14. The minimum absolute atomic E-state index is 0.0612. The zero-order valence-corrected chi connectivity index (χ0v) is 12.2. The molecule has 0 spiro atoms. The Morgan fingerprint density at radius 1 is 1.37 bits per heavy atom. The first-order valence-corrected chi connectivity index (χ1v) is 7.72. The van der Waals surface area contributed by atoms with Gasteiger partial charge in [-0.25, -0.2) is 18.1 Å². The number of aromatic nitrogens is 1. The maximum absolute atomic E-state index is 12.2. The van der Waals surface area contributed by atoms with Crippen molar-refractivity contribution in [1.29, 1.82) is 5.26 Å². The van der Waals surface area contributed by atoms with E-state index >= 15 is 0 Å². The van der Waals surface area contributed by atoms with Gasteiger partial charge in [-0.05, 0) is 37.8 Å². The van der Waals surface area contributed by atoms with Crippen LogP contribution in [-0.2, 0) is 10.0 Å². The van der Waals surface area contributed by atoms with E-state index in [0.29, 0.717) is 5.92 Å². The molecule has 0 saturated carbocycles. The molecule has 1 unspecified atom stereocenters. The zero-order chi connectivity index (χ0) is 14.5. The van der Waals surface area contributed by atoms with E-state index in [1.807, 2.05) is 6.92 Å². The van der Waals surface area contributed by atoms with Crippen LogP contribution in [0, 0.1) is 17.2 Å². The molecule has 1 atom stereocenters. The van der Waals surface area contributed by atoms with Gasteiger partial charge in [0.1, 0.15) is 11.0 Å². The van der Waals surface area contributed by atoms with Gasteiger partial charge in [0, 0.05) is 12.2 Å². The van der Waals surface area contributed by atoms with Crippen LogP contribution in [0.5, 0.6) is 0 Å². The summed E-state index contributed by atoms with van der Waals surface area (Å²) in [6.45, 7) is 6.01. The lowest BCUT2D eigenvalue weighted by Gasteiger charge is -2.15. The minimum atomic E-state index is -3.69. The highest BCUT2D eigenvalue weighted by molar-refractivity contribution is 7.89. The van der Waals surface area contributed by atoms with Crippen molar-refractivity contribution in [2.75, 3.05) is 0 Å². The first kappa shape index (κ1) is 15.6. The minimum Gasteiger partial charge on any atom is -0.244 e. The molecule has 19 heavy (non-hydrogen) atoms. The van der Waals surface area contributed by atoms with Crippen molar-refractivity contribution < 1.29 is 8.42 Å². The van der Waals surface area contributed by atoms with Crippen LogP contribution < -0.4 is 4.72 Å². The molecule has 104 valence electrons. The monoisotopic (exact) mass is 281 g/mol. The van der Waals surface area contributed by atoms with Gasteiger partial charge in [-0.15, -0.1) is 0 Å². The molecule has 0 bridgehead atoms. The zero-order valence-electron chi connectivity index (χ0n) is 11.4. The molecular formula is C13H19N3O2S. The Morgan fingerprint density at radius 3 is 2.63 bits per heavy atom. The van der Waals surface area contributed by atoms with E-state index in [0.717, 1.165) is 12.8 Å². The van der Waals surface area contributed by atoms with E-state index in [9.17, 15) is 8.42 Å². The van der Waals surface area contributed by atoms with Gasteiger partial charge in [-0.1, -0.05) is 13.8 Å². The Bertz CT molecular complexity index is 561. The largest absolute Gasteiger partial charge is 0.244 e. The van der Waals surface area contributed by atoms with Crippen molar-refractivity contribution >= 4 is 10.0 Å². The molecule has 6 heteroatoms. The molecule has 1 rings (SSSR count). The molecule has 0 aromatic carbocycles. The quantitative estimate of drug-likeness (QED) is 0.865. The number of rotatable bonds is 6. The number of nitriles is 1. The number of pyridine rings is 1. The summed E-state index contributed by atoms with van der Waals surface area (Å²) in [5.74, 6) is 0.528. The van der Waals surface area contributed by atoms with Gasteiger partial charge in [0.15, 0.2) is 5.69 Å². The standard InChI is InChI=1S/C13H19N3O2S/c1-10(2)6-7-11(3)16-19(17,18)13-5-4-8-15-12(13)9-14/h4-5,8,10-11,16H,6-7H2,1-3H3.